The van der Waals surface area contributed by atoms with Crippen LogP contribution in [0, 0.1) is 6.92 Å². The number of allylic oxidation sites excluding steroid dienone is 1. The predicted molar refractivity (Wildman–Crippen MR) is 119 cm³/mol. The van der Waals surface area contributed by atoms with E-state index >= 15 is 0 Å². The largest absolute Gasteiger partial charge is 0.466 e. The summed E-state index contributed by atoms with van der Waals surface area (Å²) in [7, 11) is 1.33. The fourth-order valence-electron chi connectivity index (χ4n) is 3.64. The molecule has 31 heavy (non-hydrogen) atoms. The molecule has 3 heterocycles. The van der Waals surface area contributed by atoms with E-state index in [4.69, 9.17) is 9.47 Å². The van der Waals surface area contributed by atoms with E-state index in [1.165, 1.54) is 18.4 Å². The first-order valence-corrected chi connectivity index (χ1v) is 10.7. The quantitative estimate of drug-likeness (QED) is 0.663. The standard InChI is InChI=1S/C22H22N4O4S/c1-5-30-21(28)19-24-26(15-10-7-6-9-13(15)2)22-23-14(3)17(20(27)29-4)18(25(19)22)16-11-8-12-31-16/h6-12,18H,5H2,1-4H3/t18-/m1/s1. The van der Waals surface area contributed by atoms with E-state index in [2.05, 4.69) is 10.1 Å². The Bertz CT molecular complexity index is 1120. The summed E-state index contributed by atoms with van der Waals surface area (Å²) in [6.45, 7) is 5.65. The Morgan fingerprint density at radius 2 is 1.90 bits per heavy atom. The maximum absolute atomic E-state index is 12.9. The monoisotopic (exact) mass is 438 g/mol. The third kappa shape index (κ3) is 3.50. The number of amidine groups is 1. The Morgan fingerprint density at radius 3 is 2.55 bits per heavy atom. The number of esters is 2. The minimum absolute atomic E-state index is 0.0659. The lowest BCUT2D eigenvalue weighted by molar-refractivity contribution is -0.138. The van der Waals surface area contributed by atoms with Gasteiger partial charge in [0.2, 0.25) is 11.8 Å². The number of nitrogens with zero attached hydrogens (tertiary/aromatic N) is 4. The van der Waals surface area contributed by atoms with Gasteiger partial charge in [-0.3, -0.25) is 4.90 Å². The van der Waals surface area contributed by atoms with Crippen LogP contribution < -0.4 is 5.01 Å². The molecule has 0 N–H and O–H groups in total. The Labute approximate surface area is 184 Å². The summed E-state index contributed by atoms with van der Waals surface area (Å²) in [5, 5.41) is 8.14. The average molecular weight is 439 g/mol. The number of fused-ring (bicyclic) bond motifs is 1. The van der Waals surface area contributed by atoms with Gasteiger partial charge in [0, 0.05) is 4.88 Å². The number of para-hydroxylation sites is 1. The number of carbonyl (C=O) groups is 2. The molecule has 0 aliphatic carbocycles. The van der Waals surface area contributed by atoms with Crippen molar-refractivity contribution in [1.29, 1.82) is 0 Å². The zero-order valence-corrected chi connectivity index (χ0v) is 18.5. The van der Waals surface area contributed by atoms with E-state index in [0.717, 1.165) is 16.1 Å². The number of methoxy groups -OCH3 is 1. The van der Waals surface area contributed by atoms with Crippen molar-refractivity contribution in [2.24, 2.45) is 10.1 Å². The molecule has 0 saturated heterocycles. The van der Waals surface area contributed by atoms with E-state index in [9.17, 15) is 9.59 Å². The number of benzene rings is 1. The van der Waals surface area contributed by atoms with Gasteiger partial charge in [0.1, 0.15) is 6.04 Å². The van der Waals surface area contributed by atoms with Crippen LogP contribution in [0.2, 0.25) is 0 Å². The maximum Gasteiger partial charge on any atom is 0.376 e. The summed E-state index contributed by atoms with van der Waals surface area (Å²) in [6, 6.07) is 10.9. The molecule has 2 aliphatic heterocycles. The highest BCUT2D eigenvalue weighted by molar-refractivity contribution is 7.10. The van der Waals surface area contributed by atoms with Crippen molar-refractivity contribution in [2.45, 2.75) is 26.8 Å². The minimum atomic E-state index is -0.614. The summed E-state index contributed by atoms with van der Waals surface area (Å²) < 4.78 is 10.3. The van der Waals surface area contributed by atoms with Crippen molar-refractivity contribution in [3.63, 3.8) is 0 Å². The van der Waals surface area contributed by atoms with Crippen LogP contribution in [0.1, 0.15) is 30.3 Å². The molecule has 8 nitrogen and oxygen atoms in total. The number of aliphatic imine (C=N–C) groups is 1. The van der Waals surface area contributed by atoms with Gasteiger partial charge < -0.3 is 9.47 Å². The molecule has 0 spiro atoms. The lowest BCUT2D eigenvalue weighted by atomic mass is 10.00. The number of aryl methyl sites for hydroxylation is 1. The Morgan fingerprint density at radius 1 is 1.13 bits per heavy atom. The smallest absolute Gasteiger partial charge is 0.376 e. The van der Waals surface area contributed by atoms with E-state index in [0.29, 0.717) is 17.2 Å². The molecule has 160 valence electrons. The Balaban J connectivity index is 1.94. The Kier molecular flexibility index (Phi) is 5.60. The van der Waals surface area contributed by atoms with Gasteiger partial charge in [-0.1, -0.05) is 24.3 Å². The molecule has 0 radical (unpaired) electrons. The van der Waals surface area contributed by atoms with Gasteiger partial charge in [0.15, 0.2) is 0 Å². The van der Waals surface area contributed by atoms with Gasteiger partial charge >= 0.3 is 11.9 Å². The molecule has 0 unspecified atom stereocenters. The van der Waals surface area contributed by atoms with Crippen molar-refractivity contribution in [3.8, 4) is 0 Å². The number of rotatable bonds is 5. The molecule has 0 saturated carbocycles. The third-order valence-electron chi connectivity index (χ3n) is 5.04. The molecule has 1 aromatic heterocycles. The number of carbonyl (C=O) groups excluding carboxylic acids is 2. The number of thiophene rings is 1. The zero-order valence-electron chi connectivity index (χ0n) is 17.7. The first-order chi connectivity index (χ1) is 15.0. The fourth-order valence-corrected chi connectivity index (χ4v) is 4.47. The highest BCUT2D eigenvalue weighted by atomic mass is 32.1. The van der Waals surface area contributed by atoms with E-state index in [-0.39, 0.29) is 12.4 Å². The molecule has 9 heteroatoms. The molecule has 1 atom stereocenters. The van der Waals surface area contributed by atoms with Crippen LogP contribution in [0.4, 0.5) is 5.69 Å². The van der Waals surface area contributed by atoms with Crippen molar-refractivity contribution >= 4 is 40.8 Å². The number of hydrogen-bond donors (Lipinski definition) is 0. The second-order valence-corrected chi connectivity index (χ2v) is 7.91. The highest BCUT2D eigenvalue weighted by Gasteiger charge is 2.47. The number of anilines is 1. The van der Waals surface area contributed by atoms with E-state index in [1.807, 2.05) is 48.7 Å². The molecular formula is C22H22N4O4S. The zero-order chi connectivity index (χ0) is 22.1. The van der Waals surface area contributed by atoms with Crippen molar-refractivity contribution in [2.75, 3.05) is 18.7 Å². The number of hydrazone groups is 1. The molecule has 4 rings (SSSR count). The fraction of sp³-hybridized carbons (Fsp3) is 0.273. The normalized spacial score (nSPS) is 17.9. The highest BCUT2D eigenvalue weighted by Crippen LogP contribution is 2.41. The van der Waals surface area contributed by atoms with Gasteiger partial charge in [-0.25, -0.2) is 14.6 Å². The molecular weight excluding hydrogens is 416 g/mol. The summed E-state index contributed by atoms with van der Waals surface area (Å²) >= 11 is 1.48. The summed E-state index contributed by atoms with van der Waals surface area (Å²) in [5.41, 5.74) is 2.62. The van der Waals surface area contributed by atoms with E-state index < -0.39 is 18.0 Å². The van der Waals surface area contributed by atoms with Crippen LogP contribution in [-0.4, -0.2) is 42.4 Å². The van der Waals surface area contributed by atoms with Gasteiger partial charge in [0.05, 0.1) is 30.7 Å². The summed E-state index contributed by atoms with van der Waals surface area (Å²) in [4.78, 5) is 32.8. The molecule has 0 bridgehead atoms. The SMILES string of the molecule is CCOC(=O)C1=NN(c2ccccc2C)C2=NC(C)=C(C(=O)OC)[C@@H](c3cccs3)N12. The first kappa shape index (κ1) is 20.8. The van der Waals surface area contributed by atoms with Crippen LogP contribution in [0.5, 0.6) is 0 Å². The average Bonchev–Trinajstić information content (AvgIpc) is 3.41. The third-order valence-corrected chi connectivity index (χ3v) is 5.96. The van der Waals surface area contributed by atoms with Gasteiger partial charge in [-0.2, -0.15) is 5.01 Å². The molecule has 2 aromatic rings. The summed E-state index contributed by atoms with van der Waals surface area (Å²) in [6.07, 6.45) is 0. The summed E-state index contributed by atoms with van der Waals surface area (Å²) in [5.74, 6) is -0.593. The molecule has 0 amide bonds. The second-order valence-electron chi connectivity index (χ2n) is 6.93. The maximum atomic E-state index is 12.9. The van der Waals surface area contributed by atoms with Crippen LogP contribution in [-0.2, 0) is 19.1 Å². The lowest BCUT2D eigenvalue weighted by Crippen LogP contribution is -2.47. The van der Waals surface area contributed by atoms with Gasteiger partial charge in [-0.15, -0.1) is 16.4 Å². The topological polar surface area (TPSA) is 83.8 Å². The van der Waals surface area contributed by atoms with Crippen LogP contribution in [0.25, 0.3) is 0 Å². The number of guanidine groups is 1. The predicted octanol–water partition coefficient (Wildman–Crippen LogP) is 3.61. The Hall–Kier alpha value is -3.46. The van der Waals surface area contributed by atoms with Crippen LogP contribution in [0.15, 0.2) is 63.1 Å². The molecule has 2 aliphatic rings. The number of ether oxygens (including phenoxy) is 2. The lowest BCUT2D eigenvalue weighted by Gasteiger charge is -2.34. The van der Waals surface area contributed by atoms with Crippen LogP contribution >= 0.6 is 11.3 Å². The van der Waals surface area contributed by atoms with Gasteiger partial charge in [0.25, 0.3) is 0 Å². The van der Waals surface area contributed by atoms with Crippen molar-refractivity contribution in [1.82, 2.24) is 4.90 Å². The van der Waals surface area contributed by atoms with Gasteiger partial charge in [-0.05, 0) is 43.8 Å². The molecule has 1 aromatic carbocycles. The van der Waals surface area contributed by atoms with Crippen molar-refractivity contribution in [3.05, 3.63) is 63.5 Å². The first-order valence-electron chi connectivity index (χ1n) is 9.79. The second kappa shape index (κ2) is 8.35. The van der Waals surface area contributed by atoms with E-state index in [1.54, 1.807) is 23.8 Å². The van der Waals surface area contributed by atoms with Crippen LogP contribution in [0.3, 0.4) is 0 Å². The minimum Gasteiger partial charge on any atom is -0.466 e. The number of hydrogen-bond acceptors (Lipinski definition) is 9. The molecule has 0 fully saturated rings. The van der Waals surface area contributed by atoms with Crippen molar-refractivity contribution < 1.29 is 19.1 Å².